The van der Waals surface area contributed by atoms with Crippen molar-refractivity contribution in [2.75, 3.05) is 12.3 Å². The van der Waals surface area contributed by atoms with Crippen LogP contribution in [0.1, 0.15) is 26.7 Å². The summed E-state index contributed by atoms with van der Waals surface area (Å²) in [5, 5.41) is 12.0. The summed E-state index contributed by atoms with van der Waals surface area (Å²) in [5.41, 5.74) is 5.64. The third kappa shape index (κ3) is 3.36. The van der Waals surface area contributed by atoms with E-state index >= 15 is 0 Å². The van der Waals surface area contributed by atoms with Gasteiger partial charge in [0.25, 0.3) is 0 Å². The first kappa shape index (κ1) is 12.8. The first-order valence-electron chi connectivity index (χ1n) is 5.31. The van der Waals surface area contributed by atoms with Gasteiger partial charge < -0.3 is 16.2 Å². The summed E-state index contributed by atoms with van der Waals surface area (Å²) >= 11 is 1.70. The largest absolute Gasteiger partial charge is 0.392 e. The van der Waals surface area contributed by atoms with Gasteiger partial charge in [0.15, 0.2) is 0 Å². The molecule has 0 aromatic rings. The summed E-state index contributed by atoms with van der Waals surface area (Å²) in [5.74, 6) is 1.09. The summed E-state index contributed by atoms with van der Waals surface area (Å²) in [6, 6.07) is -0.385. The van der Waals surface area contributed by atoms with Crippen molar-refractivity contribution in [3.05, 3.63) is 0 Å². The number of aliphatic hydroxyl groups is 1. The van der Waals surface area contributed by atoms with Crippen molar-refractivity contribution in [1.82, 2.24) is 5.32 Å². The zero-order chi connectivity index (χ0) is 11.5. The number of hydrogen-bond acceptors (Lipinski definition) is 4. The zero-order valence-corrected chi connectivity index (χ0v) is 10.1. The van der Waals surface area contributed by atoms with Crippen molar-refractivity contribution in [2.24, 2.45) is 5.73 Å². The highest BCUT2D eigenvalue weighted by atomic mass is 32.2. The van der Waals surface area contributed by atoms with Crippen molar-refractivity contribution in [2.45, 2.75) is 43.6 Å². The molecule has 0 aromatic carbocycles. The highest BCUT2D eigenvalue weighted by molar-refractivity contribution is 8.01. The van der Waals surface area contributed by atoms with E-state index in [2.05, 4.69) is 5.32 Å². The number of nitrogens with two attached hydrogens (primary N) is 1. The minimum absolute atomic E-state index is 0.0427. The van der Waals surface area contributed by atoms with E-state index < -0.39 is 6.10 Å². The second kappa shape index (κ2) is 5.18. The lowest BCUT2D eigenvalue weighted by Crippen LogP contribution is -2.48. The third-order valence-electron chi connectivity index (χ3n) is 2.82. The Labute approximate surface area is 95.0 Å². The topological polar surface area (TPSA) is 75.3 Å². The molecule has 1 aliphatic rings. The molecule has 0 bridgehead atoms. The van der Waals surface area contributed by atoms with Crippen LogP contribution >= 0.6 is 11.8 Å². The Morgan fingerprint density at radius 1 is 1.73 bits per heavy atom. The molecule has 1 saturated heterocycles. The average Bonchev–Trinajstić information content (AvgIpc) is 2.62. The van der Waals surface area contributed by atoms with Gasteiger partial charge in [-0.3, -0.25) is 4.79 Å². The molecule has 1 rings (SSSR count). The summed E-state index contributed by atoms with van der Waals surface area (Å²) < 4.78 is -0.293. The van der Waals surface area contributed by atoms with E-state index in [0.29, 0.717) is 6.54 Å². The Hall–Kier alpha value is -0.260. The van der Waals surface area contributed by atoms with Crippen LogP contribution in [0.5, 0.6) is 0 Å². The van der Waals surface area contributed by atoms with Crippen LogP contribution in [0.3, 0.4) is 0 Å². The highest BCUT2D eigenvalue weighted by Crippen LogP contribution is 2.37. The molecule has 5 heteroatoms. The number of amides is 1. The SMILES string of the molecule is CC(O)C(N)CNC(=O)C1(C)CCCS1. The van der Waals surface area contributed by atoms with Crippen LogP contribution in [0.15, 0.2) is 0 Å². The molecular weight excluding hydrogens is 212 g/mol. The van der Waals surface area contributed by atoms with E-state index in [1.807, 2.05) is 6.92 Å². The van der Waals surface area contributed by atoms with E-state index in [1.165, 1.54) is 0 Å². The summed E-state index contributed by atoms with van der Waals surface area (Å²) in [6.45, 7) is 3.93. The van der Waals surface area contributed by atoms with Crippen LogP contribution in [-0.4, -0.2) is 40.2 Å². The maximum Gasteiger partial charge on any atom is 0.236 e. The van der Waals surface area contributed by atoms with E-state index in [-0.39, 0.29) is 16.7 Å². The lowest BCUT2D eigenvalue weighted by molar-refractivity contribution is -0.123. The van der Waals surface area contributed by atoms with Gasteiger partial charge in [0.2, 0.25) is 5.91 Å². The molecule has 0 radical (unpaired) electrons. The lowest BCUT2D eigenvalue weighted by atomic mass is 10.0. The summed E-state index contributed by atoms with van der Waals surface area (Å²) in [7, 11) is 0. The fourth-order valence-corrected chi connectivity index (χ4v) is 2.76. The van der Waals surface area contributed by atoms with Gasteiger partial charge in [-0.15, -0.1) is 11.8 Å². The standard InChI is InChI=1S/C10H20N2O2S/c1-7(13)8(11)6-12-9(14)10(2)4-3-5-15-10/h7-8,13H,3-6,11H2,1-2H3,(H,12,14). The quantitative estimate of drug-likeness (QED) is 0.642. The number of carbonyl (C=O) groups excluding carboxylic acids is 1. The lowest BCUT2D eigenvalue weighted by Gasteiger charge is -2.23. The molecular formula is C10H20N2O2S. The molecule has 4 N–H and O–H groups in total. The minimum Gasteiger partial charge on any atom is -0.392 e. The van der Waals surface area contributed by atoms with Gasteiger partial charge >= 0.3 is 0 Å². The normalized spacial score (nSPS) is 29.9. The van der Waals surface area contributed by atoms with Gasteiger partial charge in [-0.2, -0.15) is 0 Å². The molecule has 15 heavy (non-hydrogen) atoms. The Bertz CT molecular complexity index is 227. The molecule has 4 nitrogen and oxygen atoms in total. The highest BCUT2D eigenvalue weighted by Gasteiger charge is 2.37. The molecule has 88 valence electrons. The summed E-state index contributed by atoms with van der Waals surface area (Å²) in [4.78, 5) is 11.8. The molecule has 1 heterocycles. The smallest absolute Gasteiger partial charge is 0.236 e. The zero-order valence-electron chi connectivity index (χ0n) is 9.32. The fourth-order valence-electron chi connectivity index (χ4n) is 1.53. The molecule has 3 unspecified atom stereocenters. The second-order valence-corrected chi connectivity index (χ2v) is 5.90. The molecule has 1 amide bonds. The van der Waals surface area contributed by atoms with Crippen molar-refractivity contribution >= 4 is 17.7 Å². The molecule has 0 spiro atoms. The number of aliphatic hydroxyl groups excluding tert-OH is 1. The first-order valence-corrected chi connectivity index (χ1v) is 6.30. The van der Waals surface area contributed by atoms with Gasteiger partial charge in [0.1, 0.15) is 0 Å². The molecule has 0 saturated carbocycles. The maximum absolute atomic E-state index is 11.8. The van der Waals surface area contributed by atoms with E-state index in [4.69, 9.17) is 5.73 Å². The van der Waals surface area contributed by atoms with Crippen LogP contribution in [0.25, 0.3) is 0 Å². The van der Waals surface area contributed by atoms with Gasteiger partial charge in [-0.1, -0.05) is 0 Å². The number of carbonyl (C=O) groups is 1. The molecule has 1 fully saturated rings. The van der Waals surface area contributed by atoms with Gasteiger partial charge in [-0.25, -0.2) is 0 Å². The predicted octanol–water partition coefficient (Wildman–Crippen LogP) is 0.0964. The Balaban J connectivity index is 2.35. The molecule has 0 aliphatic carbocycles. The molecule has 1 aliphatic heterocycles. The van der Waals surface area contributed by atoms with Crippen LogP contribution in [0.4, 0.5) is 0 Å². The van der Waals surface area contributed by atoms with E-state index in [0.717, 1.165) is 18.6 Å². The van der Waals surface area contributed by atoms with E-state index in [9.17, 15) is 9.90 Å². The number of nitrogens with one attached hydrogen (secondary N) is 1. The minimum atomic E-state index is -0.589. The van der Waals surface area contributed by atoms with Crippen molar-refractivity contribution < 1.29 is 9.90 Å². The number of thioether (sulfide) groups is 1. The van der Waals surface area contributed by atoms with Crippen LogP contribution in [0.2, 0.25) is 0 Å². The molecule has 3 atom stereocenters. The fraction of sp³-hybridized carbons (Fsp3) is 0.900. The van der Waals surface area contributed by atoms with Gasteiger partial charge in [0, 0.05) is 12.6 Å². The van der Waals surface area contributed by atoms with Crippen molar-refractivity contribution in [1.29, 1.82) is 0 Å². The molecule has 0 aromatic heterocycles. The van der Waals surface area contributed by atoms with E-state index in [1.54, 1.807) is 18.7 Å². The van der Waals surface area contributed by atoms with Crippen LogP contribution in [-0.2, 0) is 4.79 Å². The van der Waals surface area contributed by atoms with Gasteiger partial charge in [-0.05, 0) is 32.4 Å². The number of rotatable bonds is 4. The van der Waals surface area contributed by atoms with Crippen LogP contribution < -0.4 is 11.1 Å². The van der Waals surface area contributed by atoms with Crippen molar-refractivity contribution in [3.63, 3.8) is 0 Å². The Kier molecular flexibility index (Phi) is 4.43. The summed E-state index contributed by atoms with van der Waals surface area (Å²) in [6.07, 6.45) is 1.43. The number of hydrogen-bond donors (Lipinski definition) is 3. The monoisotopic (exact) mass is 232 g/mol. The van der Waals surface area contributed by atoms with Crippen molar-refractivity contribution in [3.8, 4) is 0 Å². The Morgan fingerprint density at radius 3 is 2.87 bits per heavy atom. The van der Waals surface area contributed by atoms with Gasteiger partial charge in [0.05, 0.1) is 10.9 Å². The second-order valence-electron chi connectivity index (χ2n) is 4.30. The predicted molar refractivity (Wildman–Crippen MR) is 62.8 cm³/mol. The maximum atomic E-state index is 11.8. The average molecular weight is 232 g/mol. The van der Waals surface area contributed by atoms with Crippen LogP contribution in [0, 0.1) is 0 Å². The first-order chi connectivity index (χ1) is 6.96. The third-order valence-corrected chi connectivity index (χ3v) is 4.34. The Morgan fingerprint density at radius 2 is 2.40 bits per heavy atom.